The summed E-state index contributed by atoms with van der Waals surface area (Å²) in [6.07, 6.45) is -5.57. The van der Waals surface area contributed by atoms with Crippen LogP contribution in [0.25, 0.3) is 0 Å². The van der Waals surface area contributed by atoms with Crippen molar-refractivity contribution in [1.82, 2.24) is 5.32 Å². The van der Waals surface area contributed by atoms with E-state index in [-0.39, 0.29) is 12.4 Å². The lowest BCUT2D eigenvalue weighted by molar-refractivity contribution is -0.133. The van der Waals surface area contributed by atoms with E-state index in [4.69, 9.17) is 4.74 Å². The quantitative estimate of drug-likeness (QED) is 0.844. The molecule has 1 aromatic rings. The minimum absolute atomic E-state index is 0.0615. The maximum atomic E-state index is 12.5. The summed E-state index contributed by atoms with van der Waals surface area (Å²) in [6, 6.07) is 8.73. The van der Waals surface area contributed by atoms with Crippen LogP contribution in [-0.2, 0) is 11.3 Å². The Labute approximate surface area is 113 Å². The molecule has 0 aromatic heterocycles. The van der Waals surface area contributed by atoms with E-state index in [0.29, 0.717) is 17.3 Å². The summed E-state index contributed by atoms with van der Waals surface area (Å²) in [6.45, 7) is 1.52. The normalized spacial score (nSPS) is 12.8. The molecule has 0 bridgehead atoms. The van der Waals surface area contributed by atoms with Crippen LogP contribution >= 0.6 is 11.8 Å². The van der Waals surface area contributed by atoms with Crippen molar-refractivity contribution in [3.8, 4) is 0 Å². The van der Waals surface area contributed by atoms with Crippen molar-refractivity contribution in [3.63, 3.8) is 0 Å². The summed E-state index contributed by atoms with van der Waals surface area (Å²) < 4.78 is 42.4. The van der Waals surface area contributed by atoms with E-state index in [1.807, 2.05) is 0 Å². The zero-order valence-corrected chi connectivity index (χ0v) is 11.1. The molecule has 106 valence electrons. The van der Waals surface area contributed by atoms with Crippen molar-refractivity contribution in [3.05, 3.63) is 35.9 Å². The van der Waals surface area contributed by atoms with E-state index in [1.165, 1.54) is 0 Å². The molecule has 19 heavy (non-hydrogen) atoms. The van der Waals surface area contributed by atoms with Gasteiger partial charge in [-0.3, -0.25) is 0 Å². The monoisotopic (exact) mass is 293 g/mol. The van der Waals surface area contributed by atoms with Gasteiger partial charge in [-0.1, -0.05) is 37.3 Å². The Kier molecular flexibility index (Phi) is 6.01. The van der Waals surface area contributed by atoms with Gasteiger partial charge in [0.2, 0.25) is 0 Å². The van der Waals surface area contributed by atoms with Gasteiger partial charge in [0, 0.05) is 0 Å². The number of benzene rings is 1. The first-order chi connectivity index (χ1) is 8.93. The third-order valence-corrected chi connectivity index (χ3v) is 3.14. The number of alkyl halides is 3. The first-order valence-corrected chi connectivity index (χ1v) is 6.64. The molecule has 0 spiro atoms. The standard InChI is InChI=1S/C12H14F3NO2S/c1-2-19-10(12(13,14)15)16-11(17)18-8-9-6-4-3-5-7-9/h3-7,10H,2,8H2,1H3,(H,16,17). The first-order valence-electron chi connectivity index (χ1n) is 5.59. The van der Waals surface area contributed by atoms with E-state index in [2.05, 4.69) is 0 Å². The van der Waals surface area contributed by atoms with E-state index in [1.54, 1.807) is 42.6 Å². The van der Waals surface area contributed by atoms with E-state index >= 15 is 0 Å². The second-order valence-electron chi connectivity index (χ2n) is 3.58. The van der Waals surface area contributed by atoms with Crippen LogP contribution in [0.1, 0.15) is 12.5 Å². The number of hydrogen-bond donors (Lipinski definition) is 1. The van der Waals surface area contributed by atoms with Crippen LogP contribution < -0.4 is 5.32 Å². The van der Waals surface area contributed by atoms with E-state index in [0.717, 1.165) is 0 Å². The van der Waals surface area contributed by atoms with Crippen molar-refractivity contribution in [2.45, 2.75) is 25.1 Å². The summed E-state index contributed by atoms with van der Waals surface area (Å²) in [5, 5.41) is -0.139. The third-order valence-electron chi connectivity index (χ3n) is 2.09. The SMILES string of the molecule is CCSC(NC(=O)OCc1ccccc1)C(F)(F)F. The minimum atomic E-state index is -4.49. The summed E-state index contributed by atoms with van der Waals surface area (Å²) >= 11 is 0.596. The first kappa shape index (κ1) is 15.7. The van der Waals surface area contributed by atoms with Gasteiger partial charge in [-0.05, 0) is 11.3 Å². The molecule has 1 rings (SSSR count). The number of carbonyl (C=O) groups excluding carboxylic acids is 1. The smallest absolute Gasteiger partial charge is 0.418 e. The zero-order valence-electron chi connectivity index (χ0n) is 10.2. The molecule has 1 unspecified atom stereocenters. The van der Waals surface area contributed by atoms with Gasteiger partial charge in [-0.2, -0.15) is 13.2 Å². The fraction of sp³-hybridized carbons (Fsp3) is 0.417. The van der Waals surface area contributed by atoms with Crippen LogP contribution in [-0.4, -0.2) is 23.4 Å². The maximum absolute atomic E-state index is 12.5. The number of hydrogen-bond acceptors (Lipinski definition) is 3. The van der Waals surface area contributed by atoms with Gasteiger partial charge in [0.25, 0.3) is 0 Å². The summed E-state index contributed by atoms with van der Waals surface area (Å²) in [7, 11) is 0. The number of ether oxygens (including phenoxy) is 1. The molecular formula is C12H14F3NO2S. The number of carbonyl (C=O) groups is 1. The highest BCUT2D eigenvalue weighted by molar-refractivity contribution is 7.99. The molecule has 1 atom stereocenters. The Hall–Kier alpha value is -1.37. The van der Waals surface area contributed by atoms with Crippen LogP contribution in [0.15, 0.2) is 30.3 Å². The summed E-state index contributed by atoms with van der Waals surface area (Å²) in [5.41, 5.74) is 0.712. The predicted molar refractivity (Wildman–Crippen MR) is 67.7 cm³/mol. The summed E-state index contributed by atoms with van der Waals surface area (Å²) in [4.78, 5) is 11.3. The third kappa shape index (κ3) is 5.87. The van der Waals surface area contributed by atoms with Crippen molar-refractivity contribution < 1.29 is 22.7 Å². The molecule has 0 saturated carbocycles. The molecule has 1 N–H and O–H groups in total. The Morgan fingerprint density at radius 3 is 2.53 bits per heavy atom. The maximum Gasteiger partial charge on any atom is 0.418 e. The predicted octanol–water partition coefficient (Wildman–Crippen LogP) is 3.55. The lowest BCUT2D eigenvalue weighted by Gasteiger charge is -2.20. The molecule has 0 fully saturated rings. The number of alkyl carbamates (subject to hydrolysis) is 1. The lowest BCUT2D eigenvalue weighted by atomic mass is 10.2. The van der Waals surface area contributed by atoms with Gasteiger partial charge in [-0.15, -0.1) is 11.8 Å². The number of halogens is 3. The second-order valence-corrected chi connectivity index (χ2v) is 4.97. The van der Waals surface area contributed by atoms with Crippen LogP contribution in [0.5, 0.6) is 0 Å². The molecule has 7 heteroatoms. The van der Waals surface area contributed by atoms with Gasteiger partial charge in [0.05, 0.1) is 0 Å². The largest absolute Gasteiger partial charge is 0.445 e. The van der Waals surface area contributed by atoms with Gasteiger partial charge in [-0.25, -0.2) is 4.79 Å². The van der Waals surface area contributed by atoms with Crippen molar-refractivity contribution in [1.29, 1.82) is 0 Å². The van der Waals surface area contributed by atoms with Gasteiger partial charge in [0.15, 0.2) is 5.37 Å². The Balaban J connectivity index is 2.45. The molecule has 1 amide bonds. The van der Waals surface area contributed by atoms with Crippen LogP contribution in [0, 0.1) is 0 Å². The van der Waals surface area contributed by atoms with E-state index in [9.17, 15) is 18.0 Å². The van der Waals surface area contributed by atoms with Crippen molar-refractivity contribution >= 4 is 17.9 Å². The van der Waals surface area contributed by atoms with Crippen LogP contribution in [0.4, 0.5) is 18.0 Å². The average Bonchev–Trinajstić information content (AvgIpc) is 2.36. The molecular weight excluding hydrogens is 279 g/mol. The Morgan fingerprint density at radius 1 is 1.37 bits per heavy atom. The van der Waals surface area contributed by atoms with Gasteiger partial charge >= 0.3 is 12.3 Å². The fourth-order valence-electron chi connectivity index (χ4n) is 1.26. The molecule has 0 aliphatic carbocycles. The molecule has 0 heterocycles. The van der Waals surface area contributed by atoms with Crippen molar-refractivity contribution in [2.24, 2.45) is 0 Å². The zero-order chi connectivity index (χ0) is 14.3. The highest BCUT2D eigenvalue weighted by atomic mass is 32.2. The number of rotatable bonds is 5. The Bertz CT molecular complexity index is 398. The second kappa shape index (κ2) is 7.28. The van der Waals surface area contributed by atoms with Crippen LogP contribution in [0.3, 0.4) is 0 Å². The van der Waals surface area contributed by atoms with E-state index < -0.39 is 17.6 Å². The summed E-state index contributed by atoms with van der Waals surface area (Å²) in [5.74, 6) is 0.239. The Morgan fingerprint density at radius 2 is 2.00 bits per heavy atom. The van der Waals surface area contributed by atoms with Gasteiger partial charge in [0.1, 0.15) is 6.61 Å². The molecule has 0 aliphatic rings. The minimum Gasteiger partial charge on any atom is -0.445 e. The topological polar surface area (TPSA) is 38.3 Å². The highest BCUT2D eigenvalue weighted by Gasteiger charge is 2.41. The molecule has 0 aliphatic heterocycles. The molecule has 3 nitrogen and oxygen atoms in total. The average molecular weight is 293 g/mol. The lowest BCUT2D eigenvalue weighted by Crippen LogP contribution is -2.43. The highest BCUT2D eigenvalue weighted by Crippen LogP contribution is 2.28. The molecule has 0 radical (unpaired) electrons. The number of nitrogens with one attached hydrogen (secondary N) is 1. The number of thioether (sulfide) groups is 1. The van der Waals surface area contributed by atoms with Crippen LogP contribution in [0.2, 0.25) is 0 Å². The van der Waals surface area contributed by atoms with Gasteiger partial charge < -0.3 is 10.1 Å². The fourth-order valence-corrected chi connectivity index (χ4v) is 1.96. The molecule has 0 saturated heterocycles. The van der Waals surface area contributed by atoms with Crippen molar-refractivity contribution in [2.75, 3.05) is 5.75 Å². The molecule has 1 aromatic carbocycles. The number of amides is 1.